The van der Waals surface area contributed by atoms with Crippen LogP contribution in [0.15, 0.2) is 12.2 Å². The summed E-state index contributed by atoms with van der Waals surface area (Å²) in [5, 5.41) is 20.7. The van der Waals surface area contributed by atoms with Gasteiger partial charge in [-0.15, -0.1) is 0 Å². The normalized spacial score (nSPS) is 51.2. The predicted octanol–water partition coefficient (Wildman–Crippen LogP) is 2.96. The summed E-state index contributed by atoms with van der Waals surface area (Å²) < 4.78 is 12.4. The molecule has 2 heterocycles. The van der Waals surface area contributed by atoms with Crippen molar-refractivity contribution in [2.24, 2.45) is 11.3 Å². The Morgan fingerprint density at radius 3 is 2.58 bits per heavy atom. The fourth-order valence-electron chi connectivity index (χ4n) is 5.90. The topological polar surface area (TPSA) is 65.5 Å². The van der Waals surface area contributed by atoms with E-state index in [-0.39, 0.29) is 35.7 Å². The lowest BCUT2D eigenvalue weighted by Gasteiger charge is -2.37. The number of allylic oxidation sites excluding steroid dienone is 1. The average molecular weight is 336 g/mol. The second-order valence-corrected chi connectivity index (χ2v) is 9.53. The Balaban J connectivity index is 1.68. The highest BCUT2D eigenvalue weighted by Crippen LogP contribution is 2.69. The minimum absolute atomic E-state index is 0.0595. The van der Waals surface area contributed by atoms with Crippen LogP contribution in [0.5, 0.6) is 0 Å². The Kier molecular flexibility index (Phi) is 3.59. The summed E-state index contributed by atoms with van der Waals surface area (Å²) in [6.07, 6.45) is 7.08. The molecule has 0 aromatic rings. The second-order valence-electron chi connectivity index (χ2n) is 9.53. The summed E-state index contributed by atoms with van der Waals surface area (Å²) in [4.78, 5) is 0. The number of epoxide rings is 2. The van der Waals surface area contributed by atoms with E-state index in [1.165, 1.54) is 5.57 Å². The predicted molar refractivity (Wildman–Crippen MR) is 91.6 cm³/mol. The van der Waals surface area contributed by atoms with Gasteiger partial charge in [0.2, 0.25) is 0 Å². The van der Waals surface area contributed by atoms with Gasteiger partial charge in [-0.25, -0.2) is 0 Å². The zero-order valence-electron chi connectivity index (χ0n) is 15.3. The standard InChI is InChI=1S/C20H32O4/c1-13-5-6-15-19(12-21,23-15)11-16-20(24-16)14(17(2,3)22)8-10-18(20,4)9-7-13/h14-16,21-22H,1,5-12H2,2-4H3. The smallest absolute Gasteiger partial charge is 0.120 e. The van der Waals surface area contributed by atoms with Crippen LogP contribution in [0.1, 0.15) is 65.7 Å². The fraction of sp³-hybridized carbons (Fsp3) is 0.900. The molecular formula is C20H32O4. The Morgan fingerprint density at radius 2 is 1.92 bits per heavy atom. The maximum Gasteiger partial charge on any atom is 0.120 e. The summed E-state index contributed by atoms with van der Waals surface area (Å²) in [5.74, 6) is 0.141. The number of hydrogen-bond acceptors (Lipinski definition) is 4. The zero-order chi connectivity index (χ0) is 17.4. The Morgan fingerprint density at radius 1 is 1.17 bits per heavy atom. The van der Waals surface area contributed by atoms with E-state index in [2.05, 4.69) is 13.5 Å². The molecule has 4 rings (SSSR count). The van der Waals surface area contributed by atoms with Crippen LogP contribution < -0.4 is 0 Å². The molecule has 0 bridgehead atoms. The molecule has 0 aromatic heterocycles. The summed E-state index contributed by atoms with van der Waals surface area (Å²) >= 11 is 0. The molecule has 1 spiro atoms. The maximum atomic E-state index is 10.8. The molecule has 2 N–H and O–H groups in total. The van der Waals surface area contributed by atoms with Gasteiger partial charge in [-0.1, -0.05) is 19.1 Å². The third kappa shape index (κ3) is 2.26. The Bertz CT molecular complexity index is 552. The van der Waals surface area contributed by atoms with E-state index in [4.69, 9.17) is 9.47 Å². The molecule has 24 heavy (non-hydrogen) atoms. The molecule has 2 saturated carbocycles. The molecule has 136 valence electrons. The van der Waals surface area contributed by atoms with Crippen molar-refractivity contribution < 1.29 is 19.7 Å². The highest BCUT2D eigenvalue weighted by atomic mass is 16.6. The van der Waals surface area contributed by atoms with E-state index in [1.54, 1.807) is 0 Å². The van der Waals surface area contributed by atoms with Crippen LogP contribution in [0.4, 0.5) is 0 Å². The lowest BCUT2D eigenvalue weighted by molar-refractivity contribution is -0.0299. The van der Waals surface area contributed by atoms with Crippen LogP contribution in [-0.2, 0) is 9.47 Å². The van der Waals surface area contributed by atoms with Gasteiger partial charge in [-0.05, 0) is 57.8 Å². The molecule has 0 amide bonds. The van der Waals surface area contributed by atoms with Gasteiger partial charge in [-0.2, -0.15) is 0 Å². The van der Waals surface area contributed by atoms with Crippen LogP contribution >= 0.6 is 0 Å². The van der Waals surface area contributed by atoms with Crippen molar-refractivity contribution in [3.05, 3.63) is 12.2 Å². The van der Waals surface area contributed by atoms with Gasteiger partial charge >= 0.3 is 0 Å². The van der Waals surface area contributed by atoms with Crippen molar-refractivity contribution in [3.8, 4) is 0 Å². The highest BCUT2D eigenvalue weighted by Gasteiger charge is 2.77. The summed E-state index contributed by atoms with van der Waals surface area (Å²) in [7, 11) is 0. The monoisotopic (exact) mass is 336 g/mol. The van der Waals surface area contributed by atoms with Crippen molar-refractivity contribution in [2.75, 3.05) is 6.61 Å². The largest absolute Gasteiger partial charge is 0.393 e. The summed E-state index contributed by atoms with van der Waals surface area (Å²) in [6.45, 7) is 10.5. The van der Waals surface area contributed by atoms with Crippen LogP contribution in [-0.4, -0.2) is 45.8 Å². The third-order valence-electron chi connectivity index (χ3n) is 7.55. The second kappa shape index (κ2) is 5.06. The fourth-order valence-corrected chi connectivity index (χ4v) is 5.90. The molecule has 6 unspecified atom stereocenters. The molecule has 4 aliphatic rings. The van der Waals surface area contributed by atoms with Crippen LogP contribution in [0.25, 0.3) is 0 Å². The molecule has 4 nitrogen and oxygen atoms in total. The van der Waals surface area contributed by atoms with Crippen molar-refractivity contribution >= 4 is 0 Å². The first-order chi connectivity index (χ1) is 11.2. The minimum atomic E-state index is -0.750. The lowest BCUT2D eigenvalue weighted by Crippen LogP contribution is -2.46. The third-order valence-corrected chi connectivity index (χ3v) is 7.55. The minimum Gasteiger partial charge on any atom is -0.393 e. The van der Waals surface area contributed by atoms with Crippen molar-refractivity contribution in [3.63, 3.8) is 0 Å². The van der Waals surface area contributed by atoms with Crippen LogP contribution in [0, 0.1) is 11.3 Å². The Hall–Kier alpha value is -0.420. The molecule has 0 aromatic carbocycles. The SMILES string of the molecule is C=C1CCC2OC2(CO)CC2OC23C(C(C)(C)O)CCC3(C)CC1. The van der Waals surface area contributed by atoms with Crippen LogP contribution in [0.3, 0.4) is 0 Å². The lowest BCUT2D eigenvalue weighted by atomic mass is 9.67. The first-order valence-electron chi connectivity index (χ1n) is 9.52. The van der Waals surface area contributed by atoms with E-state index in [9.17, 15) is 10.2 Å². The number of ether oxygens (including phenoxy) is 2. The van der Waals surface area contributed by atoms with Gasteiger partial charge < -0.3 is 19.7 Å². The van der Waals surface area contributed by atoms with Gasteiger partial charge in [0.25, 0.3) is 0 Å². The molecule has 0 radical (unpaired) electrons. The van der Waals surface area contributed by atoms with E-state index < -0.39 is 11.2 Å². The van der Waals surface area contributed by atoms with E-state index in [0.29, 0.717) is 0 Å². The summed E-state index contributed by atoms with van der Waals surface area (Å²) in [6, 6.07) is 0. The number of aliphatic hydroxyl groups is 2. The number of hydrogen-bond donors (Lipinski definition) is 2. The molecular weight excluding hydrogens is 304 g/mol. The first-order valence-corrected chi connectivity index (χ1v) is 9.52. The molecule has 6 atom stereocenters. The first kappa shape index (κ1) is 17.0. The van der Waals surface area contributed by atoms with Gasteiger partial charge in [0.1, 0.15) is 11.2 Å². The van der Waals surface area contributed by atoms with E-state index in [0.717, 1.165) is 44.9 Å². The van der Waals surface area contributed by atoms with Gasteiger partial charge in [0.05, 0.1) is 24.4 Å². The maximum absolute atomic E-state index is 10.8. The molecule has 2 aliphatic heterocycles. The van der Waals surface area contributed by atoms with E-state index in [1.807, 2.05) is 13.8 Å². The molecule has 4 fully saturated rings. The van der Waals surface area contributed by atoms with Gasteiger partial charge in [0, 0.05) is 12.3 Å². The van der Waals surface area contributed by atoms with E-state index >= 15 is 0 Å². The summed E-state index contributed by atoms with van der Waals surface area (Å²) in [5.41, 5.74) is -0.100. The van der Waals surface area contributed by atoms with Gasteiger partial charge in [0.15, 0.2) is 0 Å². The van der Waals surface area contributed by atoms with Gasteiger partial charge in [-0.3, -0.25) is 0 Å². The molecule has 2 aliphatic carbocycles. The van der Waals surface area contributed by atoms with Crippen LogP contribution in [0.2, 0.25) is 0 Å². The Labute approximate surface area is 145 Å². The average Bonchev–Trinajstić information content (AvgIpc) is 3.35. The number of aliphatic hydroxyl groups excluding tert-OH is 1. The number of fused-ring (bicyclic) bond motifs is 1. The van der Waals surface area contributed by atoms with Crippen molar-refractivity contribution in [1.29, 1.82) is 0 Å². The zero-order valence-corrected chi connectivity index (χ0v) is 15.3. The van der Waals surface area contributed by atoms with Crippen molar-refractivity contribution in [1.82, 2.24) is 0 Å². The molecule has 2 saturated heterocycles. The number of rotatable bonds is 2. The molecule has 4 heteroatoms. The quantitative estimate of drug-likeness (QED) is 0.601. The highest BCUT2D eigenvalue weighted by molar-refractivity contribution is 5.25. The van der Waals surface area contributed by atoms with Crippen molar-refractivity contribution in [2.45, 2.75) is 94.7 Å².